The van der Waals surface area contributed by atoms with Gasteiger partial charge >= 0.3 is 0 Å². The second kappa shape index (κ2) is 7.88. The normalized spacial score (nSPS) is 8.00. The summed E-state index contributed by atoms with van der Waals surface area (Å²) in [5.74, 6) is 6.04. The van der Waals surface area contributed by atoms with Crippen molar-refractivity contribution in [3.05, 3.63) is 35.4 Å². The van der Waals surface area contributed by atoms with Crippen molar-refractivity contribution in [3.8, 4) is 17.9 Å². The van der Waals surface area contributed by atoms with E-state index in [1.807, 2.05) is 12.1 Å². The van der Waals surface area contributed by atoms with Gasteiger partial charge in [0.1, 0.15) is 0 Å². The molecule has 0 unspecified atom stereocenters. The summed E-state index contributed by atoms with van der Waals surface area (Å²) < 4.78 is 0. The van der Waals surface area contributed by atoms with E-state index in [-0.39, 0.29) is 12.4 Å². The molecule has 0 fully saturated rings. The summed E-state index contributed by atoms with van der Waals surface area (Å²) in [6.45, 7) is 0.683. The molecule has 2 N–H and O–H groups in total. The van der Waals surface area contributed by atoms with Gasteiger partial charge in [-0.1, -0.05) is 11.8 Å². The lowest BCUT2D eigenvalue weighted by molar-refractivity contribution is 0.870. The maximum atomic E-state index is 8.57. The number of nitrogens with two attached hydrogens (primary N) is 1. The maximum Gasteiger partial charge on any atom is 0.0991 e. The van der Waals surface area contributed by atoms with Crippen LogP contribution in [0.5, 0.6) is 0 Å². The molecule has 78 valence electrons. The summed E-state index contributed by atoms with van der Waals surface area (Å²) in [4.78, 5) is 0. The van der Waals surface area contributed by atoms with Gasteiger partial charge in [-0.2, -0.15) is 5.26 Å². The predicted octanol–water partition coefficient (Wildman–Crippen LogP) is 2.07. The minimum Gasteiger partial charge on any atom is -0.330 e. The van der Waals surface area contributed by atoms with Crippen molar-refractivity contribution >= 4 is 12.4 Å². The summed E-state index contributed by atoms with van der Waals surface area (Å²) >= 11 is 0. The summed E-state index contributed by atoms with van der Waals surface area (Å²) in [7, 11) is 0. The second-order valence-electron chi connectivity index (χ2n) is 2.88. The van der Waals surface area contributed by atoms with E-state index in [1.165, 1.54) is 0 Å². The first-order valence-corrected chi connectivity index (χ1v) is 4.56. The van der Waals surface area contributed by atoms with Crippen LogP contribution in [0, 0.1) is 23.2 Å². The van der Waals surface area contributed by atoms with Crippen molar-refractivity contribution in [2.24, 2.45) is 5.73 Å². The van der Waals surface area contributed by atoms with Crippen LogP contribution in [-0.2, 0) is 0 Å². The monoisotopic (exact) mass is 220 g/mol. The number of unbranched alkanes of at least 4 members (excludes halogenated alkanes) is 1. The molecule has 0 aliphatic carbocycles. The molecule has 1 aromatic carbocycles. The van der Waals surface area contributed by atoms with Crippen molar-refractivity contribution in [2.75, 3.05) is 6.54 Å². The molecule has 0 amide bonds. The fourth-order valence-electron chi connectivity index (χ4n) is 0.983. The van der Waals surface area contributed by atoms with Gasteiger partial charge in [0.15, 0.2) is 0 Å². The zero-order valence-electron chi connectivity index (χ0n) is 8.36. The third kappa shape index (κ3) is 5.08. The second-order valence-corrected chi connectivity index (χ2v) is 2.88. The average Bonchev–Trinajstić information content (AvgIpc) is 2.25. The fourth-order valence-corrected chi connectivity index (χ4v) is 0.983. The summed E-state index contributed by atoms with van der Waals surface area (Å²) in [6, 6.07) is 9.32. The molecule has 0 radical (unpaired) electrons. The summed E-state index contributed by atoms with van der Waals surface area (Å²) in [5.41, 5.74) is 6.95. The van der Waals surface area contributed by atoms with E-state index in [9.17, 15) is 0 Å². The van der Waals surface area contributed by atoms with Gasteiger partial charge in [-0.25, -0.2) is 0 Å². The Morgan fingerprint density at radius 1 is 1.13 bits per heavy atom. The molecule has 1 rings (SSSR count). The Morgan fingerprint density at radius 2 is 1.73 bits per heavy atom. The molecule has 3 heteroatoms. The van der Waals surface area contributed by atoms with Gasteiger partial charge < -0.3 is 5.73 Å². The lowest BCUT2D eigenvalue weighted by Gasteiger charge is -1.90. The molecule has 0 bridgehead atoms. The van der Waals surface area contributed by atoms with Gasteiger partial charge in [0.2, 0.25) is 0 Å². The van der Waals surface area contributed by atoms with Crippen LogP contribution in [0.15, 0.2) is 24.3 Å². The molecule has 0 heterocycles. The van der Waals surface area contributed by atoms with Crippen LogP contribution in [0.1, 0.15) is 24.0 Å². The Labute approximate surface area is 96.5 Å². The minimum atomic E-state index is 0. The Hall–Kier alpha value is -1.48. The van der Waals surface area contributed by atoms with Crippen molar-refractivity contribution < 1.29 is 0 Å². The number of benzene rings is 1. The zero-order chi connectivity index (χ0) is 10.2. The van der Waals surface area contributed by atoms with E-state index in [0.29, 0.717) is 12.1 Å². The molecule has 0 spiro atoms. The van der Waals surface area contributed by atoms with Crippen LogP contribution in [0.3, 0.4) is 0 Å². The molecule has 2 nitrogen and oxygen atoms in total. The number of hydrogen-bond donors (Lipinski definition) is 1. The van der Waals surface area contributed by atoms with E-state index in [1.54, 1.807) is 12.1 Å². The molecular formula is C12H13ClN2. The molecule has 0 saturated heterocycles. The SMILES string of the molecule is Cl.N#Cc1ccc(C#CCCCN)cc1. The first-order valence-electron chi connectivity index (χ1n) is 4.56. The third-order valence-electron chi connectivity index (χ3n) is 1.75. The first-order chi connectivity index (χ1) is 6.86. The Kier molecular flexibility index (Phi) is 7.10. The lowest BCUT2D eigenvalue weighted by Crippen LogP contribution is -1.96. The average molecular weight is 221 g/mol. The van der Waals surface area contributed by atoms with Crippen LogP contribution in [-0.4, -0.2) is 6.54 Å². The molecule has 0 aliphatic rings. The van der Waals surface area contributed by atoms with Crippen molar-refractivity contribution in [1.29, 1.82) is 5.26 Å². The van der Waals surface area contributed by atoms with Crippen LogP contribution in [0.2, 0.25) is 0 Å². The van der Waals surface area contributed by atoms with Crippen LogP contribution >= 0.6 is 12.4 Å². The van der Waals surface area contributed by atoms with Gasteiger partial charge in [0, 0.05) is 12.0 Å². The van der Waals surface area contributed by atoms with E-state index in [4.69, 9.17) is 11.0 Å². The van der Waals surface area contributed by atoms with E-state index in [0.717, 1.165) is 18.4 Å². The zero-order valence-corrected chi connectivity index (χ0v) is 9.18. The minimum absolute atomic E-state index is 0. The smallest absolute Gasteiger partial charge is 0.0991 e. The largest absolute Gasteiger partial charge is 0.330 e. The highest BCUT2D eigenvalue weighted by molar-refractivity contribution is 5.85. The molecule has 0 saturated carbocycles. The highest BCUT2D eigenvalue weighted by Gasteiger charge is 1.88. The van der Waals surface area contributed by atoms with E-state index in [2.05, 4.69) is 17.9 Å². The summed E-state index contributed by atoms with van der Waals surface area (Å²) in [5, 5.41) is 8.57. The van der Waals surface area contributed by atoms with Gasteiger partial charge in [0.25, 0.3) is 0 Å². The Morgan fingerprint density at radius 3 is 2.27 bits per heavy atom. The Bertz CT molecular complexity index is 379. The predicted molar refractivity (Wildman–Crippen MR) is 63.6 cm³/mol. The Balaban J connectivity index is 0.00000196. The first kappa shape index (κ1) is 13.5. The number of rotatable bonds is 2. The highest BCUT2D eigenvalue weighted by atomic mass is 35.5. The van der Waals surface area contributed by atoms with E-state index < -0.39 is 0 Å². The fraction of sp³-hybridized carbons (Fsp3) is 0.250. The van der Waals surface area contributed by atoms with Gasteiger partial charge in [-0.3, -0.25) is 0 Å². The third-order valence-corrected chi connectivity index (χ3v) is 1.75. The molecule has 15 heavy (non-hydrogen) atoms. The van der Waals surface area contributed by atoms with Crippen molar-refractivity contribution in [3.63, 3.8) is 0 Å². The molecule has 1 aromatic rings. The number of hydrogen-bond acceptors (Lipinski definition) is 2. The highest BCUT2D eigenvalue weighted by Crippen LogP contribution is 2.01. The molecule has 0 aromatic heterocycles. The number of nitrogens with zero attached hydrogens (tertiary/aromatic N) is 1. The van der Waals surface area contributed by atoms with Gasteiger partial charge in [-0.05, 0) is 37.2 Å². The van der Waals surface area contributed by atoms with Gasteiger partial charge in [-0.15, -0.1) is 12.4 Å². The van der Waals surface area contributed by atoms with Crippen molar-refractivity contribution in [2.45, 2.75) is 12.8 Å². The topological polar surface area (TPSA) is 49.8 Å². The maximum absolute atomic E-state index is 8.57. The number of halogens is 1. The number of nitriles is 1. The van der Waals surface area contributed by atoms with Crippen molar-refractivity contribution in [1.82, 2.24) is 0 Å². The molecule has 0 atom stereocenters. The van der Waals surface area contributed by atoms with Crippen LogP contribution in [0.4, 0.5) is 0 Å². The summed E-state index contributed by atoms with van der Waals surface area (Å²) in [6.07, 6.45) is 1.76. The molecule has 0 aliphatic heterocycles. The van der Waals surface area contributed by atoms with Crippen LogP contribution in [0.25, 0.3) is 0 Å². The lowest BCUT2D eigenvalue weighted by atomic mass is 10.1. The quantitative estimate of drug-likeness (QED) is 0.613. The van der Waals surface area contributed by atoms with Gasteiger partial charge in [0.05, 0.1) is 11.6 Å². The van der Waals surface area contributed by atoms with E-state index >= 15 is 0 Å². The standard InChI is InChI=1S/C12H12N2.ClH/c13-9-3-1-2-4-11-5-7-12(10-14)8-6-11;/h5-8H,1,3,9,13H2;1H. The van der Waals surface area contributed by atoms with Crippen LogP contribution < -0.4 is 5.73 Å². The molecular weight excluding hydrogens is 208 g/mol.